The molecule has 1 aliphatic heterocycles. The van der Waals surface area contributed by atoms with E-state index < -0.39 is 0 Å². The Labute approximate surface area is 141 Å². The van der Waals surface area contributed by atoms with Crippen molar-refractivity contribution in [3.63, 3.8) is 0 Å². The summed E-state index contributed by atoms with van der Waals surface area (Å²) in [6.45, 7) is 6.17. The Balaban J connectivity index is 1.66. The zero-order chi connectivity index (χ0) is 16.7. The summed E-state index contributed by atoms with van der Waals surface area (Å²) in [7, 11) is 0. The average molecular weight is 321 g/mol. The fourth-order valence-electron chi connectivity index (χ4n) is 3.78. The largest absolute Gasteiger partial charge is 0.384 e. The number of aromatic amines is 1. The van der Waals surface area contributed by atoms with Crippen LogP contribution >= 0.6 is 0 Å². The third-order valence-electron chi connectivity index (χ3n) is 5.14. The van der Waals surface area contributed by atoms with Gasteiger partial charge in [0, 0.05) is 30.0 Å². The van der Waals surface area contributed by atoms with Gasteiger partial charge < -0.3 is 10.7 Å². The smallest absolute Gasteiger partial charge is 0.150 e. The van der Waals surface area contributed by atoms with E-state index >= 15 is 0 Å². The topological polar surface area (TPSA) is 70.8 Å². The molecule has 5 heteroatoms. The number of rotatable bonds is 3. The van der Waals surface area contributed by atoms with Gasteiger partial charge >= 0.3 is 0 Å². The van der Waals surface area contributed by atoms with Crippen molar-refractivity contribution in [2.24, 2.45) is 0 Å². The Hall–Kier alpha value is -2.40. The molecule has 3 heterocycles. The van der Waals surface area contributed by atoms with E-state index in [0.29, 0.717) is 5.82 Å². The summed E-state index contributed by atoms with van der Waals surface area (Å²) < 4.78 is 0. The van der Waals surface area contributed by atoms with Crippen LogP contribution < -0.4 is 5.73 Å². The molecule has 1 aliphatic rings. The number of fused-ring (bicyclic) bond motifs is 1. The minimum atomic E-state index is -0.159. The quantitative estimate of drug-likeness (QED) is 0.776. The summed E-state index contributed by atoms with van der Waals surface area (Å²) in [6.07, 6.45) is 4.19. The highest BCUT2D eigenvalue weighted by atomic mass is 15.2. The maximum absolute atomic E-state index is 5.96. The van der Waals surface area contributed by atoms with E-state index in [4.69, 9.17) is 5.73 Å². The maximum atomic E-state index is 5.96. The van der Waals surface area contributed by atoms with Gasteiger partial charge in [-0.3, -0.25) is 4.90 Å². The second-order valence-electron chi connectivity index (χ2n) is 6.96. The van der Waals surface area contributed by atoms with Crippen molar-refractivity contribution >= 4 is 16.7 Å². The molecule has 5 nitrogen and oxygen atoms in total. The number of hydrogen-bond donors (Lipinski definition) is 2. The predicted octanol–water partition coefficient (Wildman–Crippen LogP) is 3.36. The molecule has 1 fully saturated rings. The van der Waals surface area contributed by atoms with Crippen molar-refractivity contribution in [2.45, 2.75) is 38.8 Å². The number of benzene rings is 1. The zero-order valence-corrected chi connectivity index (χ0v) is 14.2. The first-order valence-electron chi connectivity index (χ1n) is 8.47. The Morgan fingerprint density at radius 2 is 2.12 bits per heavy atom. The van der Waals surface area contributed by atoms with E-state index in [-0.39, 0.29) is 5.54 Å². The highest BCUT2D eigenvalue weighted by Crippen LogP contribution is 2.38. The summed E-state index contributed by atoms with van der Waals surface area (Å²) in [4.78, 5) is 15.0. The molecule has 2 aromatic heterocycles. The molecule has 1 saturated heterocycles. The third-order valence-corrected chi connectivity index (χ3v) is 5.14. The molecule has 0 bridgehead atoms. The highest BCUT2D eigenvalue weighted by Gasteiger charge is 2.40. The first-order valence-corrected chi connectivity index (χ1v) is 8.47. The fraction of sp³-hybridized carbons (Fsp3) is 0.368. The SMILES string of the molecule is Cc1cc(N)nc([C@]2(C)CCCN2Cc2ccc3[nH]ccc3c2)n1. The van der Waals surface area contributed by atoms with Gasteiger partial charge in [0.05, 0.1) is 5.54 Å². The van der Waals surface area contributed by atoms with Gasteiger partial charge in [0.15, 0.2) is 5.82 Å². The molecule has 3 N–H and O–H groups in total. The first kappa shape index (κ1) is 15.1. The molecular weight excluding hydrogens is 298 g/mol. The highest BCUT2D eigenvalue weighted by molar-refractivity contribution is 5.79. The molecule has 0 saturated carbocycles. The number of aromatic nitrogens is 3. The second kappa shape index (κ2) is 5.60. The molecule has 0 radical (unpaired) electrons. The minimum absolute atomic E-state index is 0.159. The predicted molar refractivity (Wildman–Crippen MR) is 96.5 cm³/mol. The van der Waals surface area contributed by atoms with E-state index in [2.05, 4.69) is 51.0 Å². The summed E-state index contributed by atoms with van der Waals surface area (Å²) in [5, 5.41) is 1.25. The van der Waals surface area contributed by atoms with Gasteiger partial charge in [0.1, 0.15) is 5.82 Å². The Bertz CT molecular complexity index is 864. The van der Waals surface area contributed by atoms with Gasteiger partial charge in [-0.1, -0.05) is 6.07 Å². The Morgan fingerprint density at radius 3 is 2.96 bits per heavy atom. The lowest BCUT2D eigenvalue weighted by Gasteiger charge is -2.34. The third kappa shape index (κ3) is 2.55. The van der Waals surface area contributed by atoms with Gasteiger partial charge in [0.25, 0.3) is 0 Å². The number of nitrogens with zero attached hydrogens (tertiary/aromatic N) is 3. The van der Waals surface area contributed by atoms with Crippen LogP contribution in [0.2, 0.25) is 0 Å². The van der Waals surface area contributed by atoms with Crippen molar-refractivity contribution in [3.8, 4) is 0 Å². The number of aryl methyl sites for hydroxylation is 1. The number of anilines is 1. The summed E-state index contributed by atoms with van der Waals surface area (Å²) in [5.41, 5.74) is 9.23. The van der Waals surface area contributed by atoms with Crippen LogP contribution in [0.15, 0.2) is 36.5 Å². The molecule has 4 rings (SSSR count). The van der Waals surface area contributed by atoms with Gasteiger partial charge in [-0.2, -0.15) is 0 Å². The lowest BCUT2D eigenvalue weighted by molar-refractivity contribution is 0.138. The minimum Gasteiger partial charge on any atom is -0.384 e. The number of hydrogen-bond acceptors (Lipinski definition) is 4. The van der Waals surface area contributed by atoms with Crippen molar-refractivity contribution in [1.82, 2.24) is 19.9 Å². The van der Waals surface area contributed by atoms with Crippen molar-refractivity contribution < 1.29 is 0 Å². The number of nitrogens with two attached hydrogens (primary N) is 1. The number of nitrogen functional groups attached to an aromatic ring is 1. The zero-order valence-electron chi connectivity index (χ0n) is 14.2. The van der Waals surface area contributed by atoms with E-state index in [9.17, 15) is 0 Å². The normalized spacial score (nSPS) is 21.6. The molecular formula is C19H23N5. The molecule has 124 valence electrons. The van der Waals surface area contributed by atoms with Crippen LogP contribution in [0.5, 0.6) is 0 Å². The maximum Gasteiger partial charge on any atom is 0.150 e. The van der Waals surface area contributed by atoms with Crippen molar-refractivity contribution in [3.05, 3.63) is 53.6 Å². The molecule has 0 spiro atoms. The van der Waals surface area contributed by atoms with E-state index in [1.165, 1.54) is 16.5 Å². The van der Waals surface area contributed by atoms with Gasteiger partial charge in [0.2, 0.25) is 0 Å². The number of H-pyrrole nitrogens is 1. The van der Waals surface area contributed by atoms with Crippen LogP contribution in [0.3, 0.4) is 0 Å². The molecule has 24 heavy (non-hydrogen) atoms. The Morgan fingerprint density at radius 1 is 1.25 bits per heavy atom. The lowest BCUT2D eigenvalue weighted by atomic mass is 9.96. The molecule has 0 unspecified atom stereocenters. The summed E-state index contributed by atoms with van der Waals surface area (Å²) in [6, 6.07) is 10.6. The van der Waals surface area contributed by atoms with Gasteiger partial charge in [-0.15, -0.1) is 0 Å². The standard InChI is InChI=1S/C19H23N5/c1-13-10-17(20)23-18(22-13)19(2)7-3-9-24(19)12-14-4-5-16-15(11-14)6-8-21-16/h4-6,8,10-11,21H,3,7,9,12H2,1-2H3,(H2,20,22,23)/t19-/m0/s1. The summed E-state index contributed by atoms with van der Waals surface area (Å²) in [5.74, 6) is 1.40. The van der Waals surface area contributed by atoms with Crippen LogP contribution in [0, 0.1) is 6.92 Å². The average Bonchev–Trinajstić information content (AvgIpc) is 3.14. The van der Waals surface area contributed by atoms with Crippen LogP contribution in [0.1, 0.15) is 36.8 Å². The molecule has 0 aliphatic carbocycles. The summed E-state index contributed by atoms with van der Waals surface area (Å²) >= 11 is 0. The lowest BCUT2D eigenvalue weighted by Crippen LogP contribution is -2.39. The van der Waals surface area contributed by atoms with Crippen LogP contribution in [0.4, 0.5) is 5.82 Å². The van der Waals surface area contributed by atoms with E-state index in [1.54, 1.807) is 0 Å². The van der Waals surface area contributed by atoms with Gasteiger partial charge in [-0.05, 0) is 62.4 Å². The fourth-order valence-corrected chi connectivity index (χ4v) is 3.78. The monoisotopic (exact) mass is 321 g/mol. The molecule has 3 aromatic rings. The number of nitrogens with one attached hydrogen (secondary N) is 1. The molecule has 1 aromatic carbocycles. The van der Waals surface area contributed by atoms with Crippen LogP contribution in [-0.4, -0.2) is 26.4 Å². The van der Waals surface area contributed by atoms with E-state index in [1.807, 2.05) is 19.2 Å². The second-order valence-corrected chi connectivity index (χ2v) is 6.96. The van der Waals surface area contributed by atoms with Crippen molar-refractivity contribution in [1.29, 1.82) is 0 Å². The number of likely N-dealkylation sites (tertiary alicyclic amines) is 1. The van der Waals surface area contributed by atoms with Crippen molar-refractivity contribution in [2.75, 3.05) is 12.3 Å². The molecule has 0 amide bonds. The molecule has 1 atom stereocenters. The van der Waals surface area contributed by atoms with Crippen LogP contribution in [0.25, 0.3) is 10.9 Å². The van der Waals surface area contributed by atoms with E-state index in [0.717, 1.165) is 37.4 Å². The van der Waals surface area contributed by atoms with Gasteiger partial charge in [-0.25, -0.2) is 9.97 Å². The first-order chi connectivity index (χ1) is 11.5. The van der Waals surface area contributed by atoms with Crippen LogP contribution in [-0.2, 0) is 12.1 Å². The Kier molecular flexibility index (Phi) is 3.53.